The highest BCUT2D eigenvalue weighted by Crippen LogP contribution is 2.29. The number of rotatable bonds is 7. The number of ether oxygens (including phenoxy) is 1. The van der Waals surface area contributed by atoms with Crippen LogP contribution in [0.15, 0.2) is 47.5 Å². The van der Waals surface area contributed by atoms with Gasteiger partial charge >= 0.3 is 5.69 Å². The second-order valence-corrected chi connectivity index (χ2v) is 9.17. The first-order valence-corrected chi connectivity index (χ1v) is 11.8. The average molecular weight is 446 g/mol. The van der Waals surface area contributed by atoms with Gasteiger partial charge in [-0.3, -0.25) is 14.1 Å². The van der Waals surface area contributed by atoms with Crippen molar-refractivity contribution in [2.45, 2.75) is 39.2 Å². The largest absolute Gasteiger partial charge is 0.478 e. The summed E-state index contributed by atoms with van der Waals surface area (Å²) in [4.78, 5) is 24.4. The van der Waals surface area contributed by atoms with Crippen LogP contribution in [0, 0.1) is 0 Å². The summed E-state index contributed by atoms with van der Waals surface area (Å²) in [5.74, 6) is 0.654. The van der Waals surface area contributed by atoms with Crippen molar-refractivity contribution in [3.8, 4) is 17.0 Å². The van der Waals surface area contributed by atoms with E-state index in [2.05, 4.69) is 27.0 Å². The van der Waals surface area contributed by atoms with Crippen molar-refractivity contribution in [3.05, 3.63) is 53.2 Å². The van der Waals surface area contributed by atoms with Gasteiger partial charge in [0.15, 0.2) is 0 Å². The van der Waals surface area contributed by atoms with Gasteiger partial charge in [0, 0.05) is 42.8 Å². The number of aromatic nitrogens is 4. The summed E-state index contributed by atoms with van der Waals surface area (Å²) in [5, 5.41) is 0.971. The van der Waals surface area contributed by atoms with Gasteiger partial charge in [0.2, 0.25) is 5.88 Å². The van der Waals surface area contributed by atoms with Gasteiger partial charge in [-0.1, -0.05) is 6.07 Å². The molecule has 0 N–H and O–H groups in total. The molecular formula is C26H31N5O2. The minimum Gasteiger partial charge on any atom is -0.478 e. The first kappa shape index (κ1) is 21.6. The fourth-order valence-corrected chi connectivity index (χ4v) is 4.79. The Balaban J connectivity index is 1.39. The minimum atomic E-state index is -0.0207. The van der Waals surface area contributed by atoms with E-state index in [9.17, 15) is 4.79 Å². The number of hydrogen-bond acceptors (Lipinski definition) is 5. The Morgan fingerprint density at radius 1 is 1.03 bits per heavy atom. The molecule has 33 heavy (non-hydrogen) atoms. The summed E-state index contributed by atoms with van der Waals surface area (Å²) >= 11 is 0. The molecule has 3 aromatic heterocycles. The molecule has 0 spiro atoms. The molecule has 0 aliphatic carbocycles. The lowest BCUT2D eigenvalue weighted by molar-refractivity contribution is 0.257. The maximum absolute atomic E-state index is 12.8. The fourth-order valence-electron chi connectivity index (χ4n) is 4.79. The molecule has 172 valence electrons. The molecule has 0 atom stereocenters. The molecule has 0 amide bonds. The second kappa shape index (κ2) is 8.98. The number of likely N-dealkylation sites (tertiary alicyclic amines) is 1. The van der Waals surface area contributed by atoms with Crippen LogP contribution in [0.5, 0.6) is 5.88 Å². The number of fused-ring (bicyclic) bond motifs is 3. The van der Waals surface area contributed by atoms with Crippen molar-refractivity contribution in [2.75, 3.05) is 26.2 Å². The van der Waals surface area contributed by atoms with Crippen LogP contribution < -0.4 is 10.4 Å². The highest BCUT2D eigenvalue weighted by molar-refractivity contribution is 6.04. The first-order chi connectivity index (χ1) is 16.0. The topological polar surface area (TPSA) is 65.2 Å². The predicted octanol–water partition coefficient (Wildman–Crippen LogP) is 4.40. The van der Waals surface area contributed by atoms with E-state index < -0.39 is 0 Å². The number of benzene rings is 1. The lowest BCUT2D eigenvalue weighted by Gasteiger charge is -2.14. The number of hydrogen-bond donors (Lipinski definition) is 0. The van der Waals surface area contributed by atoms with Crippen molar-refractivity contribution < 1.29 is 4.74 Å². The van der Waals surface area contributed by atoms with E-state index in [0.717, 1.165) is 46.0 Å². The van der Waals surface area contributed by atoms with Gasteiger partial charge in [-0.25, -0.2) is 9.78 Å². The molecule has 0 radical (unpaired) electrons. The van der Waals surface area contributed by atoms with Gasteiger partial charge in [-0.2, -0.15) is 0 Å². The van der Waals surface area contributed by atoms with Crippen LogP contribution >= 0.6 is 0 Å². The summed E-state index contributed by atoms with van der Waals surface area (Å²) in [5.41, 5.74) is 4.67. The Hall–Kier alpha value is -3.19. The van der Waals surface area contributed by atoms with Gasteiger partial charge in [-0.15, -0.1) is 0 Å². The summed E-state index contributed by atoms with van der Waals surface area (Å²) < 4.78 is 9.37. The highest BCUT2D eigenvalue weighted by atomic mass is 16.5. The SMILES string of the molecule is CC(C)n1c(=O)n(C)c2cnc3ccc(-c4ccc(OCCCN5CCCC5)nc4)cc3c21. The van der Waals surface area contributed by atoms with E-state index in [-0.39, 0.29) is 11.7 Å². The Morgan fingerprint density at radius 3 is 2.55 bits per heavy atom. The monoisotopic (exact) mass is 445 g/mol. The lowest BCUT2D eigenvalue weighted by atomic mass is 10.0. The Labute approximate surface area is 193 Å². The van der Waals surface area contributed by atoms with E-state index in [1.807, 2.05) is 42.8 Å². The van der Waals surface area contributed by atoms with Gasteiger partial charge in [0.25, 0.3) is 0 Å². The van der Waals surface area contributed by atoms with Gasteiger partial charge in [-0.05, 0) is 70.0 Å². The maximum Gasteiger partial charge on any atom is 0.329 e. The number of pyridine rings is 2. The van der Waals surface area contributed by atoms with Crippen LogP contribution in [0.25, 0.3) is 33.1 Å². The van der Waals surface area contributed by atoms with E-state index in [0.29, 0.717) is 12.5 Å². The van der Waals surface area contributed by atoms with Crippen molar-refractivity contribution in [3.63, 3.8) is 0 Å². The fraction of sp³-hybridized carbons (Fsp3) is 0.423. The summed E-state index contributed by atoms with van der Waals surface area (Å²) in [7, 11) is 1.80. The molecule has 4 aromatic rings. The molecule has 4 heterocycles. The number of aryl methyl sites for hydroxylation is 1. The van der Waals surface area contributed by atoms with Crippen LogP contribution in [0.4, 0.5) is 0 Å². The third kappa shape index (κ3) is 4.13. The lowest BCUT2D eigenvalue weighted by Crippen LogP contribution is -2.23. The maximum atomic E-state index is 12.8. The van der Waals surface area contributed by atoms with Crippen molar-refractivity contribution in [2.24, 2.45) is 7.05 Å². The molecule has 7 nitrogen and oxygen atoms in total. The van der Waals surface area contributed by atoms with Crippen molar-refractivity contribution in [1.82, 2.24) is 24.0 Å². The van der Waals surface area contributed by atoms with E-state index in [1.165, 1.54) is 25.9 Å². The number of imidazole rings is 1. The Kier molecular flexibility index (Phi) is 5.89. The van der Waals surface area contributed by atoms with Crippen molar-refractivity contribution >= 4 is 21.9 Å². The molecule has 0 unspecified atom stereocenters. The summed E-state index contributed by atoms with van der Waals surface area (Å²) in [6.45, 7) is 8.28. The average Bonchev–Trinajstić information content (AvgIpc) is 3.43. The molecule has 1 aromatic carbocycles. The minimum absolute atomic E-state index is 0.0207. The summed E-state index contributed by atoms with van der Waals surface area (Å²) in [6, 6.07) is 10.2. The molecule has 0 saturated carbocycles. The van der Waals surface area contributed by atoms with Gasteiger partial charge < -0.3 is 9.64 Å². The predicted molar refractivity (Wildman–Crippen MR) is 132 cm³/mol. The van der Waals surface area contributed by atoms with Crippen LogP contribution in [0.1, 0.15) is 39.2 Å². The standard InChI is InChI=1S/C26H31N5O2/c1-18(2)31-25-21-15-19(7-9-22(21)27-17-23(25)29(3)26(31)32)20-8-10-24(28-16-20)33-14-6-13-30-11-4-5-12-30/h7-10,15-18H,4-6,11-14H2,1-3H3. The van der Waals surface area contributed by atoms with E-state index in [1.54, 1.807) is 17.8 Å². The van der Waals surface area contributed by atoms with Gasteiger partial charge in [0.1, 0.15) is 0 Å². The molecule has 7 heteroatoms. The number of nitrogens with zero attached hydrogens (tertiary/aromatic N) is 5. The summed E-state index contributed by atoms with van der Waals surface area (Å²) in [6.07, 6.45) is 7.30. The third-order valence-electron chi connectivity index (χ3n) is 6.57. The smallest absolute Gasteiger partial charge is 0.329 e. The van der Waals surface area contributed by atoms with E-state index in [4.69, 9.17) is 4.74 Å². The zero-order chi connectivity index (χ0) is 22.9. The van der Waals surface area contributed by atoms with Crippen LogP contribution in [-0.4, -0.2) is 50.2 Å². The first-order valence-electron chi connectivity index (χ1n) is 11.8. The van der Waals surface area contributed by atoms with Crippen molar-refractivity contribution in [1.29, 1.82) is 0 Å². The normalized spacial score (nSPS) is 14.7. The van der Waals surface area contributed by atoms with Crippen LogP contribution in [-0.2, 0) is 7.05 Å². The Bertz CT molecular complexity index is 1330. The molecule has 1 aliphatic rings. The highest BCUT2D eigenvalue weighted by Gasteiger charge is 2.17. The third-order valence-corrected chi connectivity index (χ3v) is 6.57. The van der Waals surface area contributed by atoms with Crippen LogP contribution in [0.3, 0.4) is 0 Å². The zero-order valence-corrected chi connectivity index (χ0v) is 19.6. The molecular weight excluding hydrogens is 414 g/mol. The molecule has 1 fully saturated rings. The van der Waals surface area contributed by atoms with Crippen LogP contribution in [0.2, 0.25) is 0 Å². The van der Waals surface area contributed by atoms with E-state index >= 15 is 0 Å². The molecule has 1 aliphatic heterocycles. The second-order valence-electron chi connectivity index (χ2n) is 9.17. The zero-order valence-electron chi connectivity index (χ0n) is 19.6. The van der Waals surface area contributed by atoms with Gasteiger partial charge in [0.05, 0.1) is 29.4 Å². The molecule has 5 rings (SSSR count). The quantitative estimate of drug-likeness (QED) is 0.395. The molecule has 0 bridgehead atoms. The molecule has 1 saturated heterocycles. The Morgan fingerprint density at radius 2 is 1.82 bits per heavy atom.